The lowest BCUT2D eigenvalue weighted by atomic mass is 9.99. The molecule has 0 bridgehead atoms. The van der Waals surface area contributed by atoms with Crippen LogP contribution in [0, 0.1) is 0 Å². The molecule has 4 heterocycles. The van der Waals surface area contributed by atoms with Crippen LogP contribution < -0.4 is 5.56 Å². The van der Waals surface area contributed by atoms with E-state index in [0.29, 0.717) is 36.5 Å². The summed E-state index contributed by atoms with van der Waals surface area (Å²) in [6.07, 6.45) is 8.07. The number of benzene rings is 1. The van der Waals surface area contributed by atoms with Crippen LogP contribution in [0.3, 0.4) is 0 Å². The number of nitrogens with one attached hydrogen (secondary N) is 1. The number of nitrogens with zero attached hydrogens (tertiary/aromatic N) is 4. The summed E-state index contributed by atoms with van der Waals surface area (Å²) in [5.74, 6) is 0.652. The van der Waals surface area contributed by atoms with Gasteiger partial charge in [-0.1, -0.05) is 24.3 Å². The molecule has 0 unspecified atom stereocenters. The molecule has 0 aliphatic carbocycles. The molecule has 3 aromatic heterocycles. The van der Waals surface area contributed by atoms with E-state index in [0.717, 1.165) is 29.5 Å². The smallest absolute Gasteiger partial charge is 0.262 e. The fraction of sp³-hybridized carbons (Fsp3) is 0.318. The number of aromatic amines is 1. The number of ether oxygens (including phenoxy) is 1. The quantitative estimate of drug-likeness (QED) is 0.582. The summed E-state index contributed by atoms with van der Waals surface area (Å²) < 4.78 is 9.40. The predicted molar refractivity (Wildman–Crippen MR) is 111 cm³/mol. The molecule has 0 radical (unpaired) electrons. The largest absolute Gasteiger partial charge is 0.381 e. The second-order valence-electron chi connectivity index (χ2n) is 7.58. The molecule has 1 fully saturated rings. The number of hydrogen-bond donors (Lipinski definition) is 1. The Balaban J connectivity index is 1.54. The maximum atomic E-state index is 12.7. The molecule has 0 amide bonds. The van der Waals surface area contributed by atoms with Gasteiger partial charge in [-0.3, -0.25) is 4.79 Å². The van der Waals surface area contributed by atoms with Gasteiger partial charge < -0.3 is 14.3 Å². The van der Waals surface area contributed by atoms with E-state index in [4.69, 9.17) is 9.72 Å². The number of H-pyrrole nitrogens is 1. The number of hydrogen-bond acceptors (Lipinski definition) is 4. The van der Waals surface area contributed by atoms with Gasteiger partial charge in [0.2, 0.25) is 0 Å². The van der Waals surface area contributed by atoms with E-state index in [-0.39, 0.29) is 11.6 Å². The summed E-state index contributed by atoms with van der Waals surface area (Å²) in [6.45, 7) is 1.43. The van der Waals surface area contributed by atoms with Crippen LogP contribution in [0.5, 0.6) is 0 Å². The van der Waals surface area contributed by atoms with Gasteiger partial charge in [0.15, 0.2) is 5.65 Å². The number of rotatable bonds is 4. The van der Waals surface area contributed by atoms with Crippen LogP contribution >= 0.6 is 0 Å². The zero-order chi connectivity index (χ0) is 19.8. The average molecular weight is 389 g/mol. The third kappa shape index (κ3) is 3.38. The van der Waals surface area contributed by atoms with E-state index in [1.807, 2.05) is 34.6 Å². The van der Waals surface area contributed by atoms with Gasteiger partial charge in [0.1, 0.15) is 11.2 Å². The second kappa shape index (κ2) is 7.33. The Morgan fingerprint density at radius 3 is 2.83 bits per heavy atom. The zero-order valence-corrected chi connectivity index (χ0v) is 16.3. The third-order valence-corrected chi connectivity index (χ3v) is 5.57. The molecule has 148 valence electrons. The fourth-order valence-electron chi connectivity index (χ4n) is 4.06. The summed E-state index contributed by atoms with van der Waals surface area (Å²) in [5, 5.41) is 5.01. The molecular weight excluding hydrogens is 366 g/mol. The zero-order valence-electron chi connectivity index (χ0n) is 16.3. The lowest BCUT2D eigenvalue weighted by Crippen LogP contribution is -2.21. The Labute approximate surface area is 168 Å². The molecule has 7 nitrogen and oxygen atoms in total. The topological polar surface area (TPSA) is 77.7 Å². The van der Waals surface area contributed by atoms with Crippen molar-refractivity contribution in [1.29, 1.82) is 0 Å². The highest BCUT2D eigenvalue weighted by atomic mass is 16.5. The van der Waals surface area contributed by atoms with Gasteiger partial charge in [0.05, 0.1) is 12.2 Å². The Hall–Kier alpha value is -3.19. The normalized spacial score (nSPS) is 15.2. The molecular formula is C22H23N5O2. The van der Waals surface area contributed by atoms with Crippen LogP contribution in [0.25, 0.3) is 22.2 Å². The third-order valence-electron chi connectivity index (χ3n) is 5.57. The van der Waals surface area contributed by atoms with Crippen molar-refractivity contribution in [3.8, 4) is 11.1 Å². The Morgan fingerprint density at radius 1 is 1.21 bits per heavy atom. The number of aromatic nitrogens is 5. The monoisotopic (exact) mass is 389 g/mol. The summed E-state index contributed by atoms with van der Waals surface area (Å²) in [6, 6.07) is 10.6. The minimum absolute atomic E-state index is 0.138. The van der Waals surface area contributed by atoms with Crippen LogP contribution in [-0.2, 0) is 18.2 Å². The van der Waals surface area contributed by atoms with Crippen LogP contribution in [0.15, 0.2) is 53.7 Å². The highest BCUT2D eigenvalue weighted by Gasteiger charge is 2.21. The molecule has 7 heteroatoms. The van der Waals surface area contributed by atoms with Gasteiger partial charge in [-0.2, -0.15) is 5.10 Å². The highest BCUT2D eigenvalue weighted by Crippen LogP contribution is 2.26. The van der Waals surface area contributed by atoms with Crippen LogP contribution in [0.4, 0.5) is 0 Å². The average Bonchev–Trinajstić information content (AvgIpc) is 3.36. The molecule has 1 N–H and O–H groups in total. The van der Waals surface area contributed by atoms with Crippen molar-refractivity contribution in [3.63, 3.8) is 0 Å². The summed E-state index contributed by atoms with van der Waals surface area (Å²) in [4.78, 5) is 20.4. The molecule has 29 heavy (non-hydrogen) atoms. The van der Waals surface area contributed by atoms with Crippen LogP contribution in [-0.4, -0.2) is 37.5 Å². The molecule has 1 aromatic carbocycles. The SMILES string of the molecule is Cn1ccc(-c2ccccc2Cc2nc3c(cnn3C3CCOCC3)c(=O)[nH]2)c1. The van der Waals surface area contributed by atoms with Gasteiger partial charge in [0, 0.05) is 39.1 Å². The van der Waals surface area contributed by atoms with Crippen LogP contribution in [0.2, 0.25) is 0 Å². The molecule has 1 saturated heterocycles. The summed E-state index contributed by atoms with van der Waals surface area (Å²) in [5.41, 5.74) is 3.94. The van der Waals surface area contributed by atoms with Crippen molar-refractivity contribution in [2.45, 2.75) is 25.3 Å². The van der Waals surface area contributed by atoms with Gasteiger partial charge in [-0.05, 0) is 35.6 Å². The van der Waals surface area contributed by atoms with Crippen molar-refractivity contribution in [1.82, 2.24) is 24.3 Å². The molecule has 0 atom stereocenters. The van der Waals surface area contributed by atoms with Crippen molar-refractivity contribution < 1.29 is 4.74 Å². The van der Waals surface area contributed by atoms with Gasteiger partial charge in [0.25, 0.3) is 5.56 Å². The Bertz CT molecular complexity index is 1210. The van der Waals surface area contributed by atoms with E-state index in [2.05, 4.69) is 34.5 Å². The number of fused-ring (bicyclic) bond motifs is 1. The van der Waals surface area contributed by atoms with E-state index < -0.39 is 0 Å². The molecule has 4 aromatic rings. The lowest BCUT2D eigenvalue weighted by Gasteiger charge is -2.22. The van der Waals surface area contributed by atoms with Crippen molar-refractivity contribution in [2.24, 2.45) is 7.05 Å². The molecule has 1 aliphatic rings. The van der Waals surface area contributed by atoms with Crippen LogP contribution in [0.1, 0.15) is 30.3 Å². The van der Waals surface area contributed by atoms with E-state index >= 15 is 0 Å². The Morgan fingerprint density at radius 2 is 2.03 bits per heavy atom. The van der Waals surface area contributed by atoms with E-state index in [1.54, 1.807) is 6.20 Å². The molecule has 1 aliphatic heterocycles. The van der Waals surface area contributed by atoms with E-state index in [9.17, 15) is 4.79 Å². The molecule has 5 rings (SSSR count). The minimum atomic E-state index is -0.138. The van der Waals surface area contributed by atoms with Crippen molar-refractivity contribution in [3.05, 3.63) is 70.7 Å². The van der Waals surface area contributed by atoms with Crippen molar-refractivity contribution >= 4 is 11.0 Å². The highest BCUT2D eigenvalue weighted by molar-refractivity contribution is 5.73. The number of aryl methyl sites for hydroxylation is 1. The fourth-order valence-corrected chi connectivity index (χ4v) is 4.06. The van der Waals surface area contributed by atoms with E-state index in [1.165, 1.54) is 0 Å². The first-order valence-electron chi connectivity index (χ1n) is 9.93. The first-order chi connectivity index (χ1) is 14.2. The van der Waals surface area contributed by atoms with Gasteiger partial charge in [-0.15, -0.1) is 0 Å². The first kappa shape index (κ1) is 17.9. The maximum Gasteiger partial charge on any atom is 0.262 e. The second-order valence-corrected chi connectivity index (χ2v) is 7.58. The lowest BCUT2D eigenvalue weighted by molar-refractivity contribution is 0.0673. The standard InChI is InChI=1S/C22H23N5O2/c1-26-9-6-16(14-26)18-5-3-2-4-15(18)12-20-24-21-19(22(28)25-20)13-23-27(21)17-7-10-29-11-8-17/h2-6,9,13-14,17H,7-8,10-12H2,1H3,(H,24,25,28). The van der Waals surface area contributed by atoms with Gasteiger partial charge >= 0.3 is 0 Å². The molecule has 0 saturated carbocycles. The molecule has 0 spiro atoms. The van der Waals surface area contributed by atoms with Crippen molar-refractivity contribution in [2.75, 3.05) is 13.2 Å². The first-order valence-corrected chi connectivity index (χ1v) is 9.93. The maximum absolute atomic E-state index is 12.7. The summed E-state index contributed by atoms with van der Waals surface area (Å²) >= 11 is 0. The van der Waals surface area contributed by atoms with Gasteiger partial charge in [-0.25, -0.2) is 9.67 Å². The minimum Gasteiger partial charge on any atom is -0.381 e. The summed E-state index contributed by atoms with van der Waals surface area (Å²) in [7, 11) is 2.01. The predicted octanol–water partition coefficient (Wildman–Crippen LogP) is 3.07. The Kier molecular flexibility index (Phi) is 4.52.